The van der Waals surface area contributed by atoms with Crippen molar-refractivity contribution in [3.05, 3.63) is 10.4 Å². The zero-order valence-corrected chi connectivity index (χ0v) is 8.61. The highest BCUT2D eigenvalue weighted by Crippen LogP contribution is 2.25. The molecule has 1 aliphatic rings. The normalized spacial score (nSPS) is 19.7. The van der Waals surface area contributed by atoms with E-state index in [1.807, 2.05) is 0 Å². The molecule has 0 bridgehead atoms. The Morgan fingerprint density at radius 1 is 1.57 bits per heavy atom. The summed E-state index contributed by atoms with van der Waals surface area (Å²) < 4.78 is 4.94. The fraction of sp³-hybridized carbons (Fsp3) is 0.750. The van der Waals surface area contributed by atoms with Crippen molar-refractivity contribution in [2.45, 2.75) is 38.8 Å². The Morgan fingerprint density at radius 3 is 2.50 bits per heavy atom. The second-order valence-electron chi connectivity index (χ2n) is 4.11. The molecular formula is C8H12N4O2. The number of azide groups is 1. The van der Waals surface area contributed by atoms with Gasteiger partial charge in [-0.1, -0.05) is 5.11 Å². The Bertz CT molecular complexity index is 350. The minimum Gasteiger partial charge on any atom is -0.409 e. The molecule has 76 valence electrons. The highest BCUT2D eigenvalue weighted by atomic mass is 16.6. The summed E-state index contributed by atoms with van der Waals surface area (Å²) >= 11 is 0. The van der Waals surface area contributed by atoms with Crippen molar-refractivity contribution in [3.63, 3.8) is 0 Å². The van der Waals surface area contributed by atoms with Gasteiger partial charge in [-0.15, -0.1) is 0 Å². The lowest BCUT2D eigenvalue weighted by Gasteiger charge is -2.15. The van der Waals surface area contributed by atoms with E-state index in [-0.39, 0.29) is 5.90 Å². The third kappa shape index (κ3) is 1.70. The van der Waals surface area contributed by atoms with Gasteiger partial charge in [0.05, 0.1) is 0 Å². The van der Waals surface area contributed by atoms with Crippen LogP contribution in [-0.2, 0) is 9.53 Å². The van der Waals surface area contributed by atoms with Crippen LogP contribution in [0.3, 0.4) is 0 Å². The van der Waals surface area contributed by atoms with E-state index in [0.717, 1.165) is 0 Å². The summed E-state index contributed by atoms with van der Waals surface area (Å²) in [6.45, 7) is 6.57. The number of esters is 1. The molecule has 0 radical (unpaired) electrons. The summed E-state index contributed by atoms with van der Waals surface area (Å²) in [5.74, 6) is -0.251. The van der Waals surface area contributed by atoms with Crippen molar-refractivity contribution in [2.75, 3.05) is 0 Å². The van der Waals surface area contributed by atoms with Crippen LogP contribution >= 0.6 is 0 Å². The third-order valence-electron chi connectivity index (χ3n) is 1.89. The number of ether oxygens (including phenoxy) is 1. The summed E-state index contributed by atoms with van der Waals surface area (Å²) in [7, 11) is 0. The van der Waals surface area contributed by atoms with E-state index in [4.69, 9.17) is 10.3 Å². The Labute approximate surface area is 81.6 Å². The number of aliphatic imine (C=N–C) groups is 1. The number of nitrogens with zero attached hydrogens (tertiary/aromatic N) is 4. The Balaban J connectivity index is 3.04. The number of carbonyl (C=O) groups excluding carboxylic acids is 1. The molecule has 0 aromatic heterocycles. The van der Waals surface area contributed by atoms with Gasteiger partial charge in [-0.2, -0.15) is 0 Å². The number of hydrogen-bond donors (Lipinski definition) is 0. The first-order chi connectivity index (χ1) is 6.29. The fourth-order valence-corrected chi connectivity index (χ4v) is 0.951. The minimum absolute atomic E-state index is 0.172. The van der Waals surface area contributed by atoms with Crippen LogP contribution in [-0.4, -0.2) is 22.9 Å². The molecule has 0 amide bonds. The maximum atomic E-state index is 11.3. The maximum absolute atomic E-state index is 11.3. The quantitative estimate of drug-likeness (QED) is 0.292. The van der Waals surface area contributed by atoms with Crippen LogP contribution in [0.2, 0.25) is 0 Å². The summed E-state index contributed by atoms with van der Waals surface area (Å²) in [6, 6.07) is 0. The highest BCUT2D eigenvalue weighted by molar-refractivity contribution is 6.03. The van der Waals surface area contributed by atoms with Gasteiger partial charge in [0.25, 0.3) is 0 Å². The topological polar surface area (TPSA) is 87.4 Å². The first-order valence-electron chi connectivity index (χ1n) is 4.18. The molecule has 1 rings (SSSR count). The van der Waals surface area contributed by atoms with Gasteiger partial charge in [0.1, 0.15) is 5.54 Å². The van der Waals surface area contributed by atoms with Crippen LogP contribution in [0.5, 0.6) is 0 Å². The predicted octanol–water partition coefficient (Wildman–Crippen LogP) is 1.81. The fourth-order valence-electron chi connectivity index (χ4n) is 0.951. The van der Waals surface area contributed by atoms with Crippen LogP contribution in [0.25, 0.3) is 10.4 Å². The summed E-state index contributed by atoms with van der Waals surface area (Å²) in [5, 5.41) is 3.51. The van der Waals surface area contributed by atoms with Crippen molar-refractivity contribution >= 4 is 11.9 Å². The number of carbonyl (C=O) groups is 1. The molecule has 0 aromatic carbocycles. The number of rotatable bonds is 2. The highest BCUT2D eigenvalue weighted by Gasteiger charge is 2.42. The zero-order chi connectivity index (χ0) is 11.0. The van der Waals surface area contributed by atoms with Crippen molar-refractivity contribution in [1.82, 2.24) is 0 Å². The monoisotopic (exact) mass is 196 g/mol. The molecule has 14 heavy (non-hydrogen) atoms. The molecule has 0 N–H and O–H groups in total. The molecule has 0 unspecified atom stereocenters. The van der Waals surface area contributed by atoms with Crippen molar-refractivity contribution in [1.29, 1.82) is 0 Å². The largest absolute Gasteiger partial charge is 0.409 e. The Morgan fingerprint density at radius 2 is 2.14 bits per heavy atom. The van der Waals surface area contributed by atoms with E-state index in [9.17, 15) is 4.79 Å². The molecule has 6 heteroatoms. The second kappa shape index (κ2) is 2.99. The Kier molecular flexibility index (Phi) is 2.25. The van der Waals surface area contributed by atoms with E-state index in [2.05, 4.69) is 15.0 Å². The van der Waals surface area contributed by atoms with Gasteiger partial charge in [0.2, 0.25) is 5.90 Å². The van der Waals surface area contributed by atoms with Gasteiger partial charge >= 0.3 is 5.97 Å². The first-order valence-corrected chi connectivity index (χ1v) is 4.18. The van der Waals surface area contributed by atoms with Crippen molar-refractivity contribution < 1.29 is 9.53 Å². The molecule has 1 aliphatic heterocycles. The summed E-state index contributed by atoms with van der Waals surface area (Å²) in [6.07, 6.45) is 0. The zero-order valence-electron chi connectivity index (χ0n) is 8.61. The van der Waals surface area contributed by atoms with E-state index in [1.165, 1.54) is 0 Å². The molecule has 0 saturated carbocycles. The number of cyclic esters (lactones) is 1. The van der Waals surface area contributed by atoms with Gasteiger partial charge in [-0.3, -0.25) is 0 Å². The third-order valence-corrected chi connectivity index (χ3v) is 1.89. The van der Waals surface area contributed by atoms with Gasteiger partial charge in [-0.25, -0.2) is 9.79 Å². The molecular weight excluding hydrogens is 184 g/mol. The van der Waals surface area contributed by atoms with E-state index < -0.39 is 17.0 Å². The van der Waals surface area contributed by atoms with E-state index in [1.54, 1.807) is 27.7 Å². The lowest BCUT2D eigenvalue weighted by atomic mass is 10.1. The summed E-state index contributed by atoms with van der Waals surface area (Å²) in [5.41, 5.74) is 6.53. The average Bonchev–Trinajstić information content (AvgIpc) is 2.27. The molecule has 0 aromatic rings. The molecule has 0 saturated heterocycles. The van der Waals surface area contributed by atoms with Crippen LogP contribution in [0.1, 0.15) is 27.7 Å². The standard InChI is InChI=1S/C8H12N4O2/c1-7(2,11-12-9)5-10-8(3,4)6(13)14-5/h1-4H3. The van der Waals surface area contributed by atoms with Gasteiger partial charge in [0.15, 0.2) is 5.54 Å². The van der Waals surface area contributed by atoms with E-state index >= 15 is 0 Å². The van der Waals surface area contributed by atoms with Crippen LogP contribution < -0.4 is 0 Å². The average molecular weight is 196 g/mol. The van der Waals surface area contributed by atoms with Crippen molar-refractivity contribution in [3.8, 4) is 0 Å². The molecule has 0 aliphatic carbocycles. The lowest BCUT2D eigenvalue weighted by molar-refractivity contribution is -0.138. The molecule has 6 nitrogen and oxygen atoms in total. The predicted molar refractivity (Wildman–Crippen MR) is 50.8 cm³/mol. The van der Waals surface area contributed by atoms with Crippen LogP contribution in [0.15, 0.2) is 10.1 Å². The molecule has 0 atom stereocenters. The SMILES string of the molecule is CC1(C)N=C(C(C)(C)N=[N+]=[N-])OC1=O. The molecule has 1 heterocycles. The van der Waals surface area contributed by atoms with Crippen LogP contribution in [0, 0.1) is 0 Å². The lowest BCUT2D eigenvalue weighted by Crippen LogP contribution is -2.30. The van der Waals surface area contributed by atoms with Gasteiger partial charge in [-0.05, 0) is 33.2 Å². The second-order valence-corrected chi connectivity index (χ2v) is 4.11. The smallest absolute Gasteiger partial charge is 0.340 e. The first kappa shape index (κ1) is 10.5. The maximum Gasteiger partial charge on any atom is 0.340 e. The van der Waals surface area contributed by atoms with Crippen molar-refractivity contribution in [2.24, 2.45) is 10.1 Å². The number of hydrogen-bond acceptors (Lipinski definition) is 4. The molecule has 0 fully saturated rings. The van der Waals surface area contributed by atoms with Gasteiger partial charge in [0, 0.05) is 4.91 Å². The minimum atomic E-state index is -0.918. The Hall–Kier alpha value is -1.55. The van der Waals surface area contributed by atoms with E-state index in [0.29, 0.717) is 0 Å². The molecule has 0 spiro atoms. The summed E-state index contributed by atoms with van der Waals surface area (Å²) in [4.78, 5) is 18.0. The van der Waals surface area contributed by atoms with Crippen LogP contribution in [0.4, 0.5) is 0 Å². The van der Waals surface area contributed by atoms with Gasteiger partial charge < -0.3 is 4.74 Å².